The number of para-hydroxylation sites is 1. The van der Waals surface area contributed by atoms with Crippen molar-refractivity contribution in [1.29, 1.82) is 0 Å². The second-order valence-corrected chi connectivity index (χ2v) is 6.86. The van der Waals surface area contributed by atoms with Crippen molar-refractivity contribution >= 4 is 23.7 Å². The number of benzene rings is 1. The lowest BCUT2D eigenvalue weighted by molar-refractivity contribution is -0.120. The largest absolute Gasteiger partial charge is 0.351 e. The molecule has 0 aliphatic heterocycles. The normalized spacial score (nSPS) is 12.2. The molecular weight excluding hydrogens is 328 g/mol. The van der Waals surface area contributed by atoms with E-state index in [0.29, 0.717) is 5.16 Å². The van der Waals surface area contributed by atoms with Crippen LogP contribution in [0, 0.1) is 19.8 Å². The van der Waals surface area contributed by atoms with Gasteiger partial charge in [-0.05, 0) is 41.3 Å². The number of rotatable bonds is 5. The summed E-state index contributed by atoms with van der Waals surface area (Å²) in [6.07, 6.45) is 0. The summed E-state index contributed by atoms with van der Waals surface area (Å²) in [5.74, 6) is -0.504. The average molecular weight is 348 g/mol. The Morgan fingerprint density at radius 1 is 1.25 bits per heavy atom. The Hall–Kier alpha value is -2.42. The molecule has 24 heavy (non-hydrogen) atoms. The summed E-state index contributed by atoms with van der Waals surface area (Å²) >= 11 is 1.20. The molecule has 0 spiro atoms. The fourth-order valence-corrected chi connectivity index (χ4v) is 3.31. The molecule has 3 N–H and O–H groups in total. The predicted molar refractivity (Wildman–Crippen MR) is 90.8 cm³/mol. The summed E-state index contributed by atoms with van der Waals surface area (Å²) < 4.78 is 1.61. The third kappa shape index (κ3) is 3.91. The maximum absolute atomic E-state index is 12.2. The lowest BCUT2D eigenvalue weighted by Crippen LogP contribution is -2.42. The zero-order chi connectivity index (χ0) is 17.9. The monoisotopic (exact) mass is 348 g/mol. The zero-order valence-corrected chi connectivity index (χ0v) is 14.8. The fourth-order valence-electron chi connectivity index (χ4n) is 2.33. The molecule has 1 aromatic heterocycles. The Morgan fingerprint density at radius 2 is 1.88 bits per heavy atom. The number of tetrazole rings is 1. The van der Waals surface area contributed by atoms with Gasteiger partial charge >= 0.3 is 6.03 Å². The van der Waals surface area contributed by atoms with Crippen molar-refractivity contribution in [3.8, 4) is 5.69 Å². The summed E-state index contributed by atoms with van der Waals surface area (Å²) in [7, 11) is 0. The molecule has 1 aromatic carbocycles. The number of aromatic nitrogens is 4. The highest BCUT2D eigenvalue weighted by Gasteiger charge is 2.27. The van der Waals surface area contributed by atoms with Crippen LogP contribution in [0.2, 0.25) is 0 Å². The molecule has 1 heterocycles. The highest BCUT2D eigenvalue weighted by Crippen LogP contribution is 2.29. The molecule has 0 saturated carbocycles. The van der Waals surface area contributed by atoms with Crippen molar-refractivity contribution in [1.82, 2.24) is 25.5 Å². The first-order chi connectivity index (χ1) is 11.3. The number of nitrogens with zero attached hydrogens (tertiary/aromatic N) is 4. The van der Waals surface area contributed by atoms with E-state index in [9.17, 15) is 9.59 Å². The van der Waals surface area contributed by atoms with Crippen LogP contribution in [-0.2, 0) is 4.79 Å². The van der Waals surface area contributed by atoms with Gasteiger partial charge in [-0.1, -0.05) is 43.8 Å². The van der Waals surface area contributed by atoms with E-state index in [1.54, 1.807) is 4.68 Å². The van der Waals surface area contributed by atoms with Crippen molar-refractivity contribution in [3.63, 3.8) is 0 Å². The van der Waals surface area contributed by atoms with Gasteiger partial charge in [0, 0.05) is 0 Å². The molecule has 8 nitrogen and oxygen atoms in total. The van der Waals surface area contributed by atoms with Crippen molar-refractivity contribution in [3.05, 3.63) is 29.3 Å². The molecule has 0 saturated heterocycles. The molecule has 0 aliphatic carbocycles. The molecule has 9 heteroatoms. The average Bonchev–Trinajstić information content (AvgIpc) is 2.91. The number of nitrogens with one attached hydrogen (secondary N) is 1. The summed E-state index contributed by atoms with van der Waals surface area (Å²) in [6, 6.07) is 5.03. The van der Waals surface area contributed by atoms with Crippen molar-refractivity contribution in [2.24, 2.45) is 11.7 Å². The zero-order valence-electron chi connectivity index (χ0n) is 14.0. The van der Waals surface area contributed by atoms with Crippen molar-refractivity contribution in [2.75, 3.05) is 0 Å². The summed E-state index contributed by atoms with van der Waals surface area (Å²) in [4.78, 5) is 23.1. The Labute approximate surface area is 144 Å². The predicted octanol–water partition coefficient (Wildman–Crippen LogP) is 1.59. The van der Waals surface area contributed by atoms with Gasteiger partial charge in [-0.25, -0.2) is 4.79 Å². The number of thioether (sulfide) groups is 1. The lowest BCUT2D eigenvalue weighted by atomic mass is 10.1. The number of amides is 3. The SMILES string of the molecule is Cc1cccc(C)c1-n1nnnc1SC(C(=O)NC(N)=O)C(C)C. The molecule has 0 aliphatic rings. The van der Waals surface area contributed by atoms with Gasteiger partial charge < -0.3 is 5.73 Å². The number of hydrogen-bond acceptors (Lipinski definition) is 6. The minimum Gasteiger partial charge on any atom is -0.351 e. The number of carbonyl (C=O) groups excluding carboxylic acids is 2. The van der Waals surface area contributed by atoms with Gasteiger partial charge in [0.25, 0.3) is 0 Å². The number of carbonyl (C=O) groups is 2. The summed E-state index contributed by atoms with van der Waals surface area (Å²) in [5, 5.41) is 13.9. The molecule has 0 bridgehead atoms. The molecule has 0 fully saturated rings. The third-order valence-corrected chi connectivity index (χ3v) is 4.91. The van der Waals surface area contributed by atoms with Gasteiger partial charge in [-0.3, -0.25) is 10.1 Å². The van der Waals surface area contributed by atoms with Crippen molar-refractivity contribution < 1.29 is 9.59 Å². The Balaban J connectivity index is 2.35. The summed E-state index contributed by atoms with van der Waals surface area (Å²) in [5.41, 5.74) is 7.96. The second kappa shape index (κ2) is 7.43. The van der Waals surface area contributed by atoms with Gasteiger partial charge in [0.05, 0.1) is 10.9 Å². The van der Waals surface area contributed by atoms with Crippen LogP contribution in [0.15, 0.2) is 23.4 Å². The maximum atomic E-state index is 12.2. The van der Waals surface area contributed by atoms with Gasteiger partial charge in [-0.15, -0.1) is 5.10 Å². The van der Waals surface area contributed by atoms with Gasteiger partial charge in [-0.2, -0.15) is 4.68 Å². The second-order valence-electron chi connectivity index (χ2n) is 5.75. The van der Waals surface area contributed by atoms with E-state index in [1.807, 2.05) is 45.9 Å². The quantitative estimate of drug-likeness (QED) is 0.793. The topological polar surface area (TPSA) is 116 Å². The number of urea groups is 1. The Morgan fingerprint density at radius 3 is 2.42 bits per heavy atom. The molecular formula is C15H20N6O2S. The molecule has 128 valence electrons. The van der Waals surface area contributed by atoms with Crippen LogP contribution in [-0.4, -0.2) is 37.4 Å². The standard InChI is InChI=1S/C15H20N6O2S/c1-8(2)12(13(22)17-14(16)23)24-15-18-19-20-21(15)11-9(3)6-5-7-10(11)4/h5-8,12H,1-4H3,(H3,16,17,22,23). The lowest BCUT2D eigenvalue weighted by Gasteiger charge is -2.18. The highest BCUT2D eigenvalue weighted by atomic mass is 32.2. The third-order valence-electron chi connectivity index (χ3n) is 3.43. The molecule has 2 rings (SSSR count). The number of imide groups is 1. The fraction of sp³-hybridized carbons (Fsp3) is 0.400. The van der Waals surface area contributed by atoms with Crippen LogP contribution in [0.25, 0.3) is 5.69 Å². The molecule has 1 unspecified atom stereocenters. The first-order valence-corrected chi connectivity index (χ1v) is 8.31. The minimum absolute atomic E-state index is 0.0440. The molecule has 2 aromatic rings. The maximum Gasteiger partial charge on any atom is 0.318 e. The molecule has 1 atom stereocenters. The molecule has 0 radical (unpaired) electrons. The van der Waals surface area contributed by atoms with Crippen LogP contribution in [0.3, 0.4) is 0 Å². The number of hydrogen-bond donors (Lipinski definition) is 2. The van der Waals surface area contributed by atoms with E-state index in [1.165, 1.54) is 11.8 Å². The van der Waals surface area contributed by atoms with Crippen LogP contribution in [0.5, 0.6) is 0 Å². The van der Waals surface area contributed by atoms with Crippen LogP contribution >= 0.6 is 11.8 Å². The Kier molecular flexibility index (Phi) is 5.55. The number of primary amides is 1. The van der Waals surface area contributed by atoms with Crippen LogP contribution in [0.4, 0.5) is 4.79 Å². The van der Waals surface area contributed by atoms with E-state index in [-0.39, 0.29) is 5.92 Å². The van der Waals surface area contributed by atoms with Crippen LogP contribution in [0.1, 0.15) is 25.0 Å². The van der Waals surface area contributed by atoms with E-state index >= 15 is 0 Å². The van der Waals surface area contributed by atoms with Gasteiger partial charge in [0.2, 0.25) is 11.1 Å². The van der Waals surface area contributed by atoms with E-state index in [4.69, 9.17) is 5.73 Å². The Bertz CT molecular complexity index is 738. The smallest absolute Gasteiger partial charge is 0.318 e. The van der Waals surface area contributed by atoms with Gasteiger partial charge in [0.15, 0.2) is 0 Å². The van der Waals surface area contributed by atoms with E-state index in [2.05, 4.69) is 20.8 Å². The number of aryl methyl sites for hydroxylation is 2. The number of nitrogens with two attached hydrogens (primary N) is 1. The van der Waals surface area contributed by atoms with E-state index < -0.39 is 17.2 Å². The first kappa shape index (κ1) is 17.9. The summed E-state index contributed by atoms with van der Waals surface area (Å²) in [6.45, 7) is 7.70. The molecule has 3 amide bonds. The van der Waals surface area contributed by atoms with E-state index in [0.717, 1.165) is 16.8 Å². The van der Waals surface area contributed by atoms with Crippen LogP contribution < -0.4 is 11.1 Å². The highest BCUT2D eigenvalue weighted by molar-refractivity contribution is 8.00. The first-order valence-electron chi connectivity index (χ1n) is 7.43. The minimum atomic E-state index is -0.874. The van der Waals surface area contributed by atoms with Gasteiger partial charge in [0.1, 0.15) is 0 Å². The van der Waals surface area contributed by atoms with Crippen molar-refractivity contribution in [2.45, 2.75) is 38.1 Å².